The van der Waals surface area contributed by atoms with Crippen LogP contribution < -0.4 is 0 Å². The zero-order valence-electron chi connectivity index (χ0n) is 33.7. The monoisotopic (exact) mass is 790 g/mol. The van der Waals surface area contributed by atoms with Crippen molar-refractivity contribution in [3.05, 3.63) is 231 Å². The van der Waals surface area contributed by atoms with Crippen LogP contribution in [0.5, 0.6) is 0 Å². The summed E-state index contributed by atoms with van der Waals surface area (Å²) in [6.07, 6.45) is 0. The molecule has 290 valence electrons. The van der Waals surface area contributed by atoms with E-state index >= 15 is 0 Å². The molecule has 0 aliphatic rings. The lowest BCUT2D eigenvalue weighted by Crippen LogP contribution is -2.05. The maximum Gasteiger partial charge on any atom is 0.131 e. The zero-order valence-corrected chi connectivity index (χ0v) is 33.7. The van der Waals surface area contributed by atoms with Crippen molar-refractivity contribution in [2.24, 2.45) is 0 Å². The van der Waals surface area contributed by atoms with Crippen LogP contribution in [0.3, 0.4) is 0 Å². The number of fused-ring (bicyclic) bond motifs is 10. The quantitative estimate of drug-likeness (QED) is 0.160. The second kappa shape index (κ2) is 13.6. The van der Waals surface area contributed by atoms with E-state index < -0.39 is 0 Å². The van der Waals surface area contributed by atoms with Gasteiger partial charge in [-0.25, -0.2) is 0 Å². The first kappa shape index (κ1) is 34.5. The molecule has 0 unspecified atom stereocenters. The first-order chi connectivity index (χ1) is 30.8. The summed E-state index contributed by atoms with van der Waals surface area (Å²) in [5.41, 5.74) is 16.2. The number of nitrogens with zero attached hydrogens (tertiary/aromatic N) is 4. The van der Waals surface area contributed by atoms with E-state index in [1.54, 1.807) is 0 Å². The standard InChI is InChI=1S/C58H38N4/c1-3-20-39(21-4-1)43-26-7-13-32-49(43)61-53-36-17-11-30-47(53)55-45-28-9-15-34-51(45)59(57(55)61)41-24-19-25-42(38-41)60-52-35-16-10-29-46(52)56-48-31-12-18-37-54(48)62(58(56)60)50-33-14-8-27-44(50)40-22-5-2-6-23-40/h1-38H. The maximum atomic E-state index is 2.49. The van der Waals surface area contributed by atoms with Crippen LogP contribution in [0.4, 0.5) is 0 Å². The fourth-order valence-corrected chi connectivity index (χ4v) is 10.2. The van der Waals surface area contributed by atoms with Gasteiger partial charge in [-0.3, -0.25) is 18.3 Å². The van der Waals surface area contributed by atoms with E-state index in [-0.39, 0.29) is 0 Å². The van der Waals surface area contributed by atoms with Gasteiger partial charge in [0, 0.05) is 54.8 Å². The van der Waals surface area contributed by atoms with Gasteiger partial charge in [-0.2, -0.15) is 0 Å². The molecule has 0 aliphatic heterocycles. The summed E-state index contributed by atoms with van der Waals surface area (Å²) in [5, 5.41) is 7.41. The Morgan fingerprint density at radius 2 is 0.565 bits per heavy atom. The highest BCUT2D eigenvalue weighted by molar-refractivity contribution is 6.24. The van der Waals surface area contributed by atoms with Crippen molar-refractivity contribution in [1.29, 1.82) is 0 Å². The average Bonchev–Trinajstić information content (AvgIpc) is 4.07. The first-order valence-corrected chi connectivity index (χ1v) is 21.3. The molecule has 0 saturated heterocycles. The molecule has 0 spiro atoms. The molecular formula is C58H38N4. The smallest absolute Gasteiger partial charge is 0.131 e. The summed E-state index contributed by atoms with van der Waals surface area (Å²) >= 11 is 0. The maximum absolute atomic E-state index is 2.49. The molecule has 0 saturated carbocycles. The molecule has 9 aromatic carbocycles. The molecule has 0 N–H and O–H groups in total. The van der Waals surface area contributed by atoms with E-state index in [9.17, 15) is 0 Å². The molecule has 13 rings (SSSR count). The molecule has 0 aliphatic carbocycles. The Kier molecular flexibility index (Phi) is 7.57. The highest BCUT2D eigenvalue weighted by atomic mass is 15.2. The second-order valence-corrected chi connectivity index (χ2v) is 16.1. The van der Waals surface area contributed by atoms with Crippen LogP contribution in [0, 0.1) is 0 Å². The number of para-hydroxylation sites is 6. The van der Waals surface area contributed by atoms with Crippen LogP contribution in [0.1, 0.15) is 0 Å². The van der Waals surface area contributed by atoms with Gasteiger partial charge >= 0.3 is 0 Å². The van der Waals surface area contributed by atoms with Gasteiger partial charge in [0.05, 0.1) is 33.4 Å². The van der Waals surface area contributed by atoms with Crippen LogP contribution in [0.2, 0.25) is 0 Å². The van der Waals surface area contributed by atoms with Crippen molar-refractivity contribution >= 4 is 65.7 Å². The van der Waals surface area contributed by atoms with E-state index in [0.717, 1.165) is 34.0 Å². The van der Waals surface area contributed by atoms with Crippen molar-refractivity contribution in [2.75, 3.05) is 0 Å². The molecule has 0 bridgehead atoms. The normalized spacial score (nSPS) is 11.9. The van der Waals surface area contributed by atoms with Gasteiger partial charge in [-0.15, -0.1) is 0 Å². The predicted octanol–water partition coefficient (Wildman–Crippen LogP) is 15.1. The van der Waals surface area contributed by atoms with E-state index in [4.69, 9.17) is 0 Å². The Morgan fingerprint density at radius 3 is 0.968 bits per heavy atom. The van der Waals surface area contributed by atoms with E-state index in [1.807, 2.05) is 0 Å². The minimum atomic E-state index is 1.09. The van der Waals surface area contributed by atoms with Crippen molar-refractivity contribution in [3.8, 4) is 45.0 Å². The second-order valence-electron chi connectivity index (χ2n) is 16.1. The van der Waals surface area contributed by atoms with Crippen molar-refractivity contribution in [1.82, 2.24) is 18.3 Å². The third kappa shape index (κ3) is 4.95. The Balaban J connectivity index is 1.14. The molecule has 0 atom stereocenters. The molecule has 62 heavy (non-hydrogen) atoms. The first-order valence-electron chi connectivity index (χ1n) is 21.3. The Morgan fingerprint density at radius 1 is 0.242 bits per heavy atom. The predicted molar refractivity (Wildman–Crippen MR) is 260 cm³/mol. The van der Waals surface area contributed by atoms with Crippen LogP contribution in [0.15, 0.2) is 231 Å². The molecule has 4 heteroatoms. The zero-order chi connectivity index (χ0) is 40.7. The topological polar surface area (TPSA) is 19.7 Å². The fourth-order valence-electron chi connectivity index (χ4n) is 10.2. The highest BCUT2D eigenvalue weighted by Gasteiger charge is 2.26. The highest BCUT2D eigenvalue weighted by Crippen LogP contribution is 2.45. The van der Waals surface area contributed by atoms with Crippen LogP contribution in [0.25, 0.3) is 111 Å². The van der Waals surface area contributed by atoms with Gasteiger partial charge in [0.25, 0.3) is 0 Å². The van der Waals surface area contributed by atoms with Crippen molar-refractivity contribution in [2.45, 2.75) is 0 Å². The van der Waals surface area contributed by atoms with Crippen LogP contribution in [-0.4, -0.2) is 18.3 Å². The van der Waals surface area contributed by atoms with E-state index in [2.05, 4.69) is 249 Å². The van der Waals surface area contributed by atoms with Gasteiger partial charge in [0.2, 0.25) is 0 Å². The molecule has 4 aromatic heterocycles. The Bertz CT molecular complexity index is 3610. The lowest BCUT2D eigenvalue weighted by molar-refractivity contribution is 1.05. The van der Waals surface area contributed by atoms with Gasteiger partial charge in [0.1, 0.15) is 11.3 Å². The molecule has 0 fully saturated rings. The number of hydrogen-bond acceptors (Lipinski definition) is 0. The average molecular weight is 791 g/mol. The van der Waals surface area contributed by atoms with Crippen molar-refractivity contribution in [3.63, 3.8) is 0 Å². The summed E-state index contributed by atoms with van der Waals surface area (Å²) in [6, 6.07) is 83.8. The number of aromatic nitrogens is 4. The van der Waals surface area contributed by atoms with E-state index in [0.29, 0.717) is 0 Å². The lowest BCUT2D eigenvalue weighted by Gasteiger charge is -2.18. The molecule has 0 radical (unpaired) electrons. The molecule has 0 amide bonds. The Hall–Kier alpha value is -8.34. The molecule has 4 heterocycles. The van der Waals surface area contributed by atoms with Gasteiger partial charge in [0.15, 0.2) is 0 Å². The van der Waals surface area contributed by atoms with Crippen LogP contribution in [-0.2, 0) is 0 Å². The van der Waals surface area contributed by atoms with E-state index in [1.165, 1.54) is 76.6 Å². The fraction of sp³-hybridized carbons (Fsp3) is 0. The molecule has 4 nitrogen and oxygen atoms in total. The number of hydrogen-bond donors (Lipinski definition) is 0. The van der Waals surface area contributed by atoms with Crippen molar-refractivity contribution < 1.29 is 0 Å². The van der Waals surface area contributed by atoms with Gasteiger partial charge in [-0.05, 0) is 65.7 Å². The largest absolute Gasteiger partial charge is 0.295 e. The third-order valence-corrected chi connectivity index (χ3v) is 12.8. The number of benzene rings is 9. The summed E-state index contributed by atoms with van der Waals surface area (Å²) in [7, 11) is 0. The number of rotatable bonds is 6. The summed E-state index contributed by atoms with van der Waals surface area (Å²) in [4.78, 5) is 0. The SMILES string of the molecule is c1ccc(-c2ccccc2-n2c3ccccc3c3c4ccccc4n(-c4cccc(-n5c6ccccc6c6c7ccccc7n(-c7ccccc7-c7ccccc7)c65)c4)c32)cc1. The minimum Gasteiger partial charge on any atom is -0.295 e. The van der Waals surface area contributed by atoms with Crippen LogP contribution >= 0.6 is 0 Å². The van der Waals surface area contributed by atoms with Gasteiger partial charge in [-0.1, -0.05) is 176 Å². The summed E-state index contributed by atoms with van der Waals surface area (Å²) in [6.45, 7) is 0. The molecule has 13 aromatic rings. The Labute approximate surface area is 358 Å². The molecular weight excluding hydrogens is 753 g/mol. The minimum absolute atomic E-state index is 1.09. The summed E-state index contributed by atoms with van der Waals surface area (Å²) < 4.78 is 9.95. The third-order valence-electron chi connectivity index (χ3n) is 12.8. The van der Waals surface area contributed by atoms with Gasteiger partial charge < -0.3 is 0 Å². The summed E-state index contributed by atoms with van der Waals surface area (Å²) in [5.74, 6) is 0. The lowest BCUT2D eigenvalue weighted by atomic mass is 10.0.